The van der Waals surface area contributed by atoms with Gasteiger partial charge in [-0.1, -0.05) is 11.6 Å². The average Bonchev–Trinajstić information content (AvgIpc) is 2.51. The number of carbonyl (C=O) groups excluding carboxylic acids is 2. The van der Waals surface area contributed by atoms with Gasteiger partial charge in [0.25, 0.3) is 11.8 Å². The van der Waals surface area contributed by atoms with E-state index in [-0.39, 0.29) is 10.7 Å². The number of nitrogens with one attached hydrogen (secondary N) is 1. The molecule has 1 saturated heterocycles. The van der Waals surface area contributed by atoms with Crippen LogP contribution >= 0.6 is 23.8 Å². The van der Waals surface area contributed by atoms with Crippen molar-refractivity contribution in [3.63, 3.8) is 0 Å². The lowest BCUT2D eigenvalue weighted by molar-refractivity contribution is -0.128. The van der Waals surface area contributed by atoms with Gasteiger partial charge in [-0.25, -0.2) is 0 Å². The zero-order valence-electron chi connectivity index (χ0n) is 12.8. The van der Waals surface area contributed by atoms with E-state index < -0.39 is 11.8 Å². The first-order chi connectivity index (χ1) is 10.9. The lowest BCUT2D eigenvalue weighted by atomic mass is 10.1. The Balaban J connectivity index is 2.47. The summed E-state index contributed by atoms with van der Waals surface area (Å²) in [6.45, 7) is 2.29. The quantitative estimate of drug-likeness (QED) is 0.509. The molecule has 0 saturated carbocycles. The fourth-order valence-corrected chi connectivity index (χ4v) is 2.37. The maximum absolute atomic E-state index is 12.2. The van der Waals surface area contributed by atoms with Gasteiger partial charge in [0.1, 0.15) is 5.57 Å². The number of ether oxygens (including phenoxy) is 2. The maximum atomic E-state index is 12.2. The molecule has 0 radical (unpaired) electrons. The van der Waals surface area contributed by atoms with Crippen LogP contribution in [0.2, 0.25) is 5.02 Å². The number of thiocarbonyl (C=S) groups is 1. The van der Waals surface area contributed by atoms with E-state index in [4.69, 9.17) is 33.3 Å². The molecule has 122 valence electrons. The third-order valence-electron chi connectivity index (χ3n) is 3.19. The summed E-state index contributed by atoms with van der Waals surface area (Å²) in [5.74, 6) is -0.125. The van der Waals surface area contributed by atoms with Gasteiger partial charge in [0.2, 0.25) is 0 Å². The Hall–Kier alpha value is -2.12. The zero-order valence-corrected chi connectivity index (χ0v) is 14.4. The van der Waals surface area contributed by atoms with Gasteiger partial charge in [-0.05, 0) is 36.8 Å². The number of amides is 2. The van der Waals surface area contributed by atoms with Gasteiger partial charge in [-0.15, -0.1) is 0 Å². The van der Waals surface area contributed by atoms with Crippen LogP contribution in [-0.2, 0) is 9.59 Å². The Bertz CT molecular complexity index is 718. The van der Waals surface area contributed by atoms with Crippen LogP contribution in [0.5, 0.6) is 11.5 Å². The van der Waals surface area contributed by atoms with Crippen LogP contribution in [-0.4, -0.2) is 42.6 Å². The molecular weight excluding hydrogens is 340 g/mol. The predicted octanol–water partition coefficient (Wildman–Crippen LogP) is 2.00. The highest BCUT2D eigenvalue weighted by molar-refractivity contribution is 7.80. The van der Waals surface area contributed by atoms with Crippen LogP contribution < -0.4 is 14.8 Å². The fourth-order valence-electron chi connectivity index (χ4n) is 1.99. The largest absolute Gasteiger partial charge is 0.493 e. The van der Waals surface area contributed by atoms with Crippen molar-refractivity contribution < 1.29 is 19.1 Å². The van der Waals surface area contributed by atoms with Gasteiger partial charge in [0, 0.05) is 13.1 Å². The Kier molecular flexibility index (Phi) is 5.23. The number of hydrogen-bond donors (Lipinski definition) is 1. The second-order valence-corrected chi connectivity index (χ2v) is 5.43. The molecule has 1 aromatic carbocycles. The minimum atomic E-state index is -0.568. The van der Waals surface area contributed by atoms with E-state index in [1.165, 1.54) is 25.1 Å². The summed E-state index contributed by atoms with van der Waals surface area (Å²) in [6, 6.07) is 3.18. The molecule has 23 heavy (non-hydrogen) atoms. The van der Waals surface area contributed by atoms with Crippen molar-refractivity contribution in [2.75, 3.05) is 20.8 Å². The first-order valence-corrected chi connectivity index (χ1v) is 7.53. The molecule has 0 atom stereocenters. The second kappa shape index (κ2) is 6.97. The van der Waals surface area contributed by atoms with Crippen molar-refractivity contribution in [3.8, 4) is 11.5 Å². The number of rotatable bonds is 4. The summed E-state index contributed by atoms with van der Waals surface area (Å²) in [5, 5.41) is 2.83. The van der Waals surface area contributed by atoms with E-state index in [1.807, 2.05) is 6.92 Å². The molecule has 1 heterocycles. The van der Waals surface area contributed by atoms with Crippen molar-refractivity contribution in [2.24, 2.45) is 0 Å². The van der Waals surface area contributed by atoms with Crippen molar-refractivity contribution >= 4 is 46.8 Å². The molecule has 1 N–H and O–H groups in total. The van der Waals surface area contributed by atoms with E-state index >= 15 is 0 Å². The third kappa shape index (κ3) is 3.46. The summed E-state index contributed by atoms with van der Waals surface area (Å²) < 4.78 is 10.7. The minimum Gasteiger partial charge on any atom is -0.493 e. The van der Waals surface area contributed by atoms with Crippen molar-refractivity contribution in [2.45, 2.75) is 6.92 Å². The third-order valence-corrected chi connectivity index (χ3v) is 3.89. The molecule has 0 spiro atoms. The highest BCUT2D eigenvalue weighted by Crippen LogP contribution is 2.34. The minimum absolute atomic E-state index is 0.0609. The topological polar surface area (TPSA) is 67.9 Å². The molecule has 0 aliphatic carbocycles. The molecule has 0 aromatic heterocycles. The van der Waals surface area contributed by atoms with E-state index in [0.29, 0.717) is 28.7 Å². The van der Waals surface area contributed by atoms with Crippen LogP contribution in [0, 0.1) is 0 Å². The summed E-state index contributed by atoms with van der Waals surface area (Å²) in [7, 11) is 2.98. The Labute approximate surface area is 144 Å². The SMILES string of the molecule is CCOc1cc(Cl)c(/C=C2\C(=O)NC(=S)N(C)C2=O)cc1OC. The predicted molar refractivity (Wildman–Crippen MR) is 90.7 cm³/mol. The molecule has 1 aliphatic heterocycles. The lowest BCUT2D eigenvalue weighted by Gasteiger charge is -2.25. The number of carbonyl (C=O) groups is 2. The summed E-state index contributed by atoms with van der Waals surface area (Å²) in [4.78, 5) is 25.4. The van der Waals surface area contributed by atoms with Gasteiger partial charge in [0.05, 0.1) is 18.7 Å². The van der Waals surface area contributed by atoms with Crippen molar-refractivity contribution in [3.05, 3.63) is 28.3 Å². The lowest BCUT2D eigenvalue weighted by Crippen LogP contribution is -2.52. The summed E-state index contributed by atoms with van der Waals surface area (Å²) in [5.41, 5.74) is 0.404. The number of likely N-dealkylation sites (N-methyl/N-ethyl adjacent to an activating group) is 1. The van der Waals surface area contributed by atoms with Gasteiger partial charge in [-0.2, -0.15) is 0 Å². The number of nitrogens with zero attached hydrogens (tertiary/aromatic N) is 1. The standard InChI is InChI=1S/C15H15ClN2O4S/c1-4-22-12-7-10(16)8(6-11(12)21-3)5-9-13(19)17-15(23)18(2)14(9)20/h5-7H,4H2,1-3H3,(H,17,19,23)/b9-5+. The normalized spacial score (nSPS) is 16.6. The molecule has 0 unspecified atom stereocenters. The molecule has 2 rings (SSSR count). The summed E-state index contributed by atoms with van der Waals surface area (Å²) in [6.07, 6.45) is 1.40. The van der Waals surface area contributed by atoms with Gasteiger partial charge in [-0.3, -0.25) is 19.8 Å². The maximum Gasteiger partial charge on any atom is 0.265 e. The average molecular weight is 355 g/mol. The molecule has 2 amide bonds. The monoisotopic (exact) mass is 354 g/mol. The Morgan fingerprint density at radius 2 is 2.04 bits per heavy atom. The first kappa shape index (κ1) is 17.2. The molecule has 1 aromatic rings. The van der Waals surface area contributed by atoms with E-state index in [9.17, 15) is 9.59 Å². The van der Waals surface area contributed by atoms with Gasteiger partial charge in [0.15, 0.2) is 16.6 Å². The van der Waals surface area contributed by atoms with E-state index in [1.54, 1.807) is 12.1 Å². The molecule has 0 bridgehead atoms. The van der Waals surface area contributed by atoms with Gasteiger partial charge < -0.3 is 9.47 Å². The Morgan fingerprint density at radius 3 is 2.65 bits per heavy atom. The second-order valence-electron chi connectivity index (χ2n) is 4.64. The highest BCUT2D eigenvalue weighted by Gasteiger charge is 2.31. The van der Waals surface area contributed by atoms with Crippen molar-refractivity contribution in [1.29, 1.82) is 0 Å². The van der Waals surface area contributed by atoms with Crippen molar-refractivity contribution in [1.82, 2.24) is 10.2 Å². The zero-order chi connectivity index (χ0) is 17.1. The van der Waals surface area contributed by atoms with E-state index in [0.717, 1.165) is 0 Å². The number of halogens is 1. The van der Waals surface area contributed by atoms with Crippen LogP contribution in [0.15, 0.2) is 17.7 Å². The molecular formula is C15H15ClN2O4S. The van der Waals surface area contributed by atoms with E-state index in [2.05, 4.69) is 5.32 Å². The molecule has 6 nitrogen and oxygen atoms in total. The first-order valence-electron chi connectivity index (χ1n) is 6.74. The van der Waals surface area contributed by atoms with Gasteiger partial charge >= 0.3 is 0 Å². The van der Waals surface area contributed by atoms with Crippen LogP contribution in [0.1, 0.15) is 12.5 Å². The smallest absolute Gasteiger partial charge is 0.265 e. The number of benzene rings is 1. The Morgan fingerprint density at radius 1 is 1.35 bits per heavy atom. The highest BCUT2D eigenvalue weighted by atomic mass is 35.5. The number of methoxy groups -OCH3 is 1. The van der Waals surface area contributed by atoms with Crippen LogP contribution in [0.25, 0.3) is 6.08 Å². The number of hydrogen-bond acceptors (Lipinski definition) is 5. The fraction of sp³-hybridized carbons (Fsp3) is 0.267. The van der Waals surface area contributed by atoms with Crippen LogP contribution in [0.3, 0.4) is 0 Å². The van der Waals surface area contributed by atoms with Crippen LogP contribution in [0.4, 0.5) is 0 Å². The summed E-state index contributed by atoms with van der Waals surface area (Å²) >= 11 is 11.1. The molecule has 1 fully saturated rings. The molecule has 8 heteroatoms. The molecule has 1 aliphatic rings.